The van der Waals surface area contributed by atoms with E-state index in [9.17, 15) is 0 Å². The van der Waals surface area contributed by atoms with Crippen molar-refractivity contribution in [3.8, 4) is 0 Å². The van der Waals surface area contributed by atoms with Gasteiger partial charge in [-0.25, -0.2) is 0 Å². The molecule has 0 unspecified atom stereocenters. The molecule has 24 heavy (non-hydrogen) atoms. The van der Waals surface area contributed by atoms with Crippen LogP contribution in [0.1, 0.15) is 17.5 Å². The lowest BCUT2D eigenvalue weighted by atomic mass is 10.0. The normalized spacial score (nSPS) is 14.0. The van der Waals surface area contributed by atoms with Crippen LogP contribution in [0.3, 0.4) is 0 Å². The van der Waals surface area contributed by atoms with Crippen LogP contribution in [0.15, 0.2) is 41.3 Å². The van der Waals surface area contributed by atoms with Crippen LogP contribution in [-0.4, -0.2) is 25.4 Å². The van der Waals surface area contributed by atoms with Gasteiger partial charge in [0.1, 0.15) is 0 Å². The van der Waals surface area contributed by atoms with E-state index in [0.717, 1.165) is 61.0 Å². The third-order valence-electron chi connectivity index (χ3n) is 4.28. The molecule has 0 saturated carbocycles. The second kappa shape index (κ2) is 8.65. The molecule has 0 fully saturated rings. The Labute approximate surface area is 153 Å². The maximum atomic E-state index is 6.47. The zero-order chi connectivity index (χ0) is 16.8. The van der Waals surface area contributed by atoms with Gasteiger partial charge in [-0.1, -0.05) is 29.8 Å². The van der Waals surface area contributed by atoms with Gasteiger partial charge >= 0.3 is 0 Å². The number of nitrogens with one attached hydrogen (secondary N) is 2. The first-order valence-corrected chi connectivity index (χ1v) is 9.84. The highest BCUT2D eigenvalue weighted by atomic mass is 35.5. The molecule has 0 aliphatic carbocycles. The standard InChI is InChI=1S/C19H24ClN3S/c20-16-7-6-14-8-11-22-12-9-15(14)19(16)24-13-3-10-23-18-5-2-1-4-17(18)21/h1-2,4-7,22-23H,3,8-13,21H2. The summed E-state index contributed by atoms with van der Waals surface area (Å²) in [6.07, 6.45) is 3.23. The number of rotatable bonds is 6. The predicted molar refractivity (Wildman–Crippen MR) is 106 cm³/mol. The molecule has 0 spiro atoms. The molecule has 0 saturated heterocycles. The first-order chi connectivity index (χ1) is 11.8. The minimum Gasteiger partial charge on any atom is -0.397 e. The highest BCUT2D eigenvalue weighted by Gasteiger charge is 2.14. The monoisotopic (exact) mass is 361 g/mol. The van der Waals surface area contributed by atoms with Crippen molar-refractivity contribution in [3.63, 3.8) is 0 Å². The molecule has 5 heteroatoms. The topological polar surface area (TPSA) is 50.1 Å². The number of hydrogen-bond acceptors (Lipinski definition) is 4. The maximum Gasteiger partial charge on any atom is 0.0573 e. The van der Waals surface area contributed by atoms with Crippen LogP contribution in [0.25, 0.3) is 0 Å². The molecule has 0 bridgehead atoms. The number of thioether (sulfide) groups is 1. The molecule has 0 radical (unpaired) electrons. The Kier molecular flexibility index (Phi) is 6.30. The van der Waals surface area contributed by atoms with Gasteiger partial charge in [0.25, 0.3) is 0 Å². The van der Waals surface area contributed by atoms with Gasteiger partial charge in [0.2, 0.25) is 0 Å². The first kappa shape index (κ1) is 17.5. The largest absolute Gasteiger partial charge is 0.397 e. The van der Waals surface area contributed by atoms with E-state index in [4.69, 9.17) is 17.3 Å². The van der Waals surface area contributed by atoms with E-state index in [1.807, 2.05) is 36.0 Å². The average Bonchev–Trinajstić information content (AvgIpc) is 2.83. The molecule has 2 aromatic carbocycles. The van der Waals surface area contributed by atoms with Crippen molar-refractivity contribution in [2.75, 3.05) is 36.4 Å². The van der Waals surface area contributed by atoms with Crippen LogP contribution in [-0.2, 0) is 12.8 Å². The van der Waals surface area contributed by atoms with Crippen LogP contribution < -0.4 is 16.4 Å². The summed E-state index contributed by atoms with van der Waals surface area (Å²) >= 11 is 8.35. The first-order valence-electron chi connectivity index (χ1n) is 8.48. The highest BCUT2D eigenvalue weighted by Crippen LogP contribution is 2.34. The highest BCUT2D eigenvalue weighted by molar-refractivity contribution is 7.99. The van der Waals surface area contributed by atoms with Gasteiger partial charge in [-0.15, -0.1) is 11.8 Å². The Morgan fingerprint density at radius 3 is 2.83 bits per heavy atom. The Morgan fingerprint density at radius 2 is 1.96 bits per heavy atom. The van der Waals surface area contributed by atoms with Gasteiger partial charge < -0.3 is 16.4 Å². The molecular weight excluding hydrogens is 338 g/mol. The Hall–Kier alpha value is -1.36. The van der Waals surface area contributed by atoms with E-state index in [0.29, 0.717) is 0 Å². The van der Waals surface area contributed by atoms with Crippen LogP contribution in [0.4, 0.5) is 11.4 Å². The third kappa shape index (κ3) is 4.38. The van der Waals surface area contributed by atoms with Crippen molar-refractivity contribution in [1.82, 2.24) is 5.32 Å². The Balaban J connectivity index is 1.54. The number of hydrogen-bond donors (Lipinski definition) is 3. The number of benzene rings is 2. The molecule has 3 nitrogen and oxygen atoms in total. The smallest absolute Gasteiger partial charge is 0.0573 e. The average molecular weight is 362 g/mol. The van der Waals surface area contributed by atoms with Gasteiger partial charge in [-0.3, -0.25) is 0 Å². The molecule has 0 aromatic heterocycles. The van der Waals surface area contributed by atoms with Gasteiger partial charge in [0, 0.05) is 11.4 Å². The lowest BCUT2D eigenvalue weighted by Crippen LogP contribution is -2.16. The Morgan fingerprint density at radius 1 is 1.12 bits per heavy atom. The predicted octanol–water partition coefficient (Wildman–Crippen LogP) is 4.20. The molecule has 4 N–H and O–H groups in total. The van der Waals surface area contributed by atoms with Gasteiger partial charge in [0.15, 0.2) is 0 Å². The zero-order valence-electron chi connectivity index (χ0n) is 13.8. The molecular formula is C19H24ClN3S. The molecule has 2 aromatic rings. The summed E-state index contributed by atoms with van der Waals surface area (Å²) in [4.78, 5) is 1.28. The van der Waals surface area contributed by atoms with Crippen LogP contribution in [0.5, 0.6) is 0 Å². The lowest BCUT2D eigenvalue weighted by Gasteiger charge is -2.14. The van der Waals surface area contributed by atoms with Gasteiger partial charge in [-0.05, 0) is 67.4 Å². The van der Waals surface area contributed by atoms with Crippen molar-refractivity contribution < 1.29 is 0 Å². The summed E-state index contributed by atoms with van der Waals surface area (Å²) in [5.41, 5.74) is 10.6. The minimum absolute atomic E-state index is 0.800. The van der Waals surface area contributed by atoms with E-state index in [-0.39, 0.29) is 0 Å². The number of halogens is 1. The number of nitrogens with two attached hydrogens (primary N) is 1. The summed E-state index contributed by atoms with van der Waals surface area (Å²) in [5, 5.41) is 7.76. The number of fused-ring (bicyclic) bond motifs is 1. The second-order valence-electron chi connectivity index (χ2n) is 5.98. The van der Waals surface area contributed by atoms with Crippen molar-refractivity contribution >= 4 is 34.7 Å². The third-order valence-corrected chi connectivity index (χ3v) is 5.95. The van der Waals surface area contributed by atoms with Crippen molar-refractivity contribution in [2.24, 2.45) is 0 Å². The van der Waals surface area contributed by atoms with Crippen molar-refractivity contribution in [1.29, 1.82) is 0 Å². The van der Waals surface area contributed by atoms with Crippen molar-refractivity contribution in [2.45, 2.75) is 24.2 Å². The fraction of sp³-hybridized carbons (Fsp3) is 0.368. The van der Waals surface area contributed by atoms with E-state index in [2.05, 4.69) is 22.8 Å². The fourth-order valence-corrected chi connectivity index (χ4v) is 4.44. The number of nitrogen functional groups attached to an aromatic ring is 1. The molecule has 128 valence electrons. The summed E-state index contributed by atoms with van der Waals surface area (Å²) in [5.74, 6) is 1.04. The molecule has 0 atom stereocenters. The summed E-state index contributed by atoms with van der Waals surface area (Å²) in [7, 11) is 0. The van der Waals surface area contributed by atoms with Gasteiger partial charge in [-0.2, -0.15) is 0 Å². The van der Waals surface area contributed by atoms with Crippen LogP contribution >= 0.6 is 23.4 Å². The summed E-state index contributed by atoms with van der Waals surface area (Å²) in [6, 6.07) is 12.1. The van der Waals surface area contributed by atoms with E-state index >= 15 is 0 Å². The van der Waals surface area contributed by atoms with Crippen molar-refractivity contribution in [3.05, 3.63) is 52.5 Å². The van der Waals surface area contributed by atoms with E-state index in [1.165, 1.54) is 16.0 Å². The van der Waals surface area contributed by atoms with E-state index < -0.39 is 0 Å². The van der Waals surface area contributed by atoms with E-state index in [1.54, 1.807) is 0 Å². The molecule has 1 heterocycles. The number of para-hydroxylation sites is 2. The second-order valence-corrected chi connectivity index (χ2v) is 7.49. The molecule has 1 aliphatic rings. The summed E-state index contributed by atoms with van der Waals surface area (Å²) < 4.78 is 0. The molecule has 1 aliphatic heterocycles. The minimum atomic E-state index is 0.800. The number of anilines is 2. The lowest BCUT2D eigenvalue weighted by molar-refractivity contribution is 0.709. The zero-order valence-corrected chi connectivity index (χ0v) is 15.3. The van der Waals surface area contributed by atoms with Crippen LogP contribution in [0.2, 0.25) is 5.02 Å². The fourth-order valence-electron chi connectivity index (χ4n) is 2.99. The molecule has 0 amide bonds. The Bertz CT molecular complexity index is 690. The van der Waals surface area contributed by atoms with Gasteiger partial charge in [0.05, 0.1) is 16.4 Å². The van der Waals surface area contributed by atoms with Crippen LogP contribution in [0, 0.1) is 0 Å². The maximum absolute atomic E-state index is 6.47. The molecule has 3 rings (SSSR count). The SMILES string of the molecule is Nc1ccccc1NCCCSc1c(Cl)ccc2c1CCNCC2. The quantitative estimate of drug-likeness (QED) is 0.410. The summed E-state index contributed by atoms with van der Waals surface area (Å²) in [6.45, 7) is 3.01.